The van der Waals surface area contributed by atoms with Crippen LogP contribution in [-0.4, -0.2) is 11.3 Å². The number of hydrogen-bond acceptors (Lipinski definition) is 3. The van der Waals surface area contributed by atoms with Crippen molar-refractivity contribution in [2.24, 2.45) is 10.7 Å². The lowest BCUT2D eigenvalue weighted by Gasteiger charge is -1.92. The second-order valence-corrected chi connectivity index (χ2v) is 2.06. The van der Waals surface area contributed by atoms with Crippen LogP contribution in [0.25, 0.3) is 0 Å². The Labute approximate surface area is 68.7 Å². The second kappa shape index (κ2) is 3.47. The molecule has 0 atom stereocenters. The molecule has 12 heavy (non-hydrogen) atoms. The zero-order valence-corrected chi connectivity index (χ0v) is 6.18. The zero-order valence-electron chi connectivity index (χ0n) is 6.18. The molecule has 0 aliphatic rings. The summed E-state index contributed by atoms with van der Waals surface area (Å²) in [5.74, 6) is 0. The summed E-state index contributed by atoms with van der Waals surface area (Å²) in [6.07, 6.45) is 1.10. The van der Waals surface area contributed by atoms with Gasteiger partial charge in [0.2, 0.25) is 0 Å². The highest BCUT2D eigenvalue weighted by molar-refractivity contribution is 5.60. The van der Waals surface area contributed by atoms with E-state index in [4.69, 9.17) is 5.73 Å². The number of nitro benzene ring substituents is 1. The van der Waals surface area contributed by atoms with Gasteiger partial charge in [-0.05, 0) is 6.07 Å². The average molecular weight is 165 g/mol. The Bertz CT molecular complexity index is 322. The van der Waals surface area contributed by atoms with Gasteiger partial charge in [-0.2, -0.15) is 0 Å². The molecular formula is C7H7N3O2. The lowest BCUT2D eigenvalue weighted by atomic mass is 10.3. The Kier molecular flexibility index (Phi) is 2.37. The molecule has 5 nitrogen and oxygen atoms in total. The van der Waals surface area contributed by atoms with E-state index in [9.17, 15) is 10.1 Å². The van der Waals surface area contributed by atoms with E-state index in [1.165, 1.54) is 12.1 Å². The van der Waals surface area contributed by atoms with E-state index in [-0.39, 0.29) is 5.69 Å². The van der Waals surface area contributed by atoms with Crippen LogP contribution in [0.3, 0.4) is 0 Å². The SMILES string of the molecule is NC=Nc1cccc([N+](=O)[O-])c1. The van der Waals surface area contributed by atoms with E-state index < -0.39 is 4.92 Å². The summed E-state index contributed by atoms with van der Waals surface area (Å²) in [4.78, 5) is 13.5. The van der Waals surface area contributed by atoms with Crippen LogP contribution in [0, 0.1) is 10.1 Å². The first-order valence-corrected chi connectivity index (χ1v) is 3.23. The smallest absolute Gasteiger partial charge is 0.271 e. The monoisotopic (exact) mass is 165 g/mol. The standard InChI is InChI=1S/C7H7N3O2/c8-5-9-6-2-1-3-7(4-6)10(11)12/h1-5H,(H2,8,9). The van der Waals surface area contributed by atoms with Crippen molar-refractivity contribution in [1.29, 1.82) is 0 Å². The molecule has 62 valence electrons. The maximum atomic E-state index is 10.3. The largest absolute Gasteiger partial charge is 0.390 e. The maximum Gasteiger partial charge on any atom is 0.271 e. The summed E-state index contributed by atoms with van der Waals surface area (Å²) in [5.41, 5.74) is 5.52. The molecular weight excluding hydrogens is 158 g/mol. The van der Waals surface area contributed by atoms with Gasteiger partial charge in [0.1, 0.15) is 0 Å². The van der Waals surface area contributed by atoms with Gasteiger partial charge in [0.05, 0.1) is 16.9 Å². The molecule has 0 amide bonds. The van der Waals surface area contributed by atoms with Crippen LogP contribution in [0.1, 0.15) is 0 Å². The molecule has 0 aliphatic carbocycles. The van der Waals surface area contributed by atoms with Crippen molar-refractivity contribution in [2.45, 2.75) is 0 Å². The van der Waals surface area contributed by atoms with Crippen molar-refractivity contribution in [2.75, 3.05) is 0 Å². The Balaban J connectivity index is 3.03. The van der Waals surface area contributed by atoms with Gasteiger partial charge in [-0.1, -0.05) is 6.07 Å². The lowest BCUT2D eigenvalue weighted by molar-refractivity contribution is -0.384. The molecule has 1 aromatic carbocycles. The fourth-order valence-corrected chi connectivity index (χ4v) is 0.773. The topological polar surface area (TPSA) is 81.5 Å². The number of aliphatic imine (C=N–C) groups is 1. The van der Waals surface area contributed by atoms with E-state index in [0.717, 1.165) is 6.34 Å². The first kappa shape index (κ1) is 8.19. The molecule has 0 bridgehead atoms. The summed E-state index contributed by atoms with van der Waals surface area (Å²) < 4.78 is 0. The minimum Gasteiger partial charge on any atom is -0.390 e. The fraction of sp³-hybridized carbons (Fsp3) is 0. The molecule has 5 heteroatoms. The highest BCUT2D eigenvalue weighted by Gasteiger charge is 2.03. The third-order valence-corrected chi connectivity index (χ3v) is 1.26. The van der Waals surface area contributed by atoms with Crippen LogP contribution >= 0.6 is 0 Å². The van der Waals surface area contributed by atoms with Crippen molar-refractivity contribution < 1.29 is 4.92 Å². The van der Waals surface area contributed by atoms with Gasteiger partial charge in [-0.15, -0.1) is 0 Å². The van der Waals surface area contributed by atoms with Gasteiger partial charge in [0.15, 0.2) is 0 Å². The number of rotatable bonds is 2. The molecule has 0 radical (unpaired) electrons. The van der Waals surface area contributed by atoms with E-state index in [1.54, 1.807) is 12.1 Å². The molecule has 2 N–H and O–H groups in total. The van der Waals surface area contributed by atoms with Crippen molar-refractivity contribution in [3.63, 3.8) is 0 Å². The average Bonchev–Trinajstić information content (AvgIpc) is 2.05. The van der Waals surface area contributed by atoms with Crippen LogP contribution < -0.4 is 5.73 Å². The summed E-state index contributed by atoms with van der Waals surface area (Å²) in [6.45, 7) is 0. The number of benzene rings is 1. The first-order valence-electron chi connectivity index (χ1n) is 3.23. The summed E-state index contributed by atoms with van der Waals surface area (Å²) in [5, 5.41) is 10.3. The van der Waals surface area contributed by atoms with E-state index in [0.29, 0.717) is 5.69 Å². The number of nitro groups is 1. The molecule has 0 saturated heterocycles. The molecule has 0 unspecified atom stereocenters. The molecule has 0 aliphatic heterocycles. The Morgan fingerprint density at radius 1 is 1.58 bits per heavy atom. The summed E-state index contributed by atoms with van der Waals surface area (Å²) in [6, 6.07) is 5.94. The van der Waals surface area contributed by atoms with Crippen LogP contribution in [0.2, 0.25) is 0 Å². The normalized spacial score (nSPS) is 10.3. The molecule has 0 heterocycles. The lowest BCUT2D eigenvalue weighted by Crippen LogP contribution is -1.88. The van der Waals surface area contributed by atoms with Crippen molar-refractivity contribution in [3.8, 4) is 0 Å². The molecule has 1 aromatic rings. The Hall–Kier alpha value is -1.91. The van der Waals surface area contributed by atoms with Crippen LogP contribution in [0.15, 0.2) is 29.3 Å². The Morgan fingerprint density at radius 3 is 2.92 bits per heavy atom. The van der Waals surface area contributed by atoms with Gasteiger partial charge in [-0.25, -0.2) is 4.99 Å². The molecule has 1 rings (SSSR count). The molecule has 0 fully saturated rings. The van der Waals surface area contributed by atoms with Crippen molar-refractivity contribution in [3.05, 3.63) is 34.4 Å². The third-order valence-electron chi connectivity index (χ3n) is 1.26. The first-order chi connectivity index (χ1) is 5.74. The van der Waals surface area contributed by atoms with Gasteiger partial charge >= 0.3 is 0 Å². The fourth-order valence-electron chi connectivity index (χ4n) is 0.773. The third kappa shape index (κ3) is 1.79. The van der Waals surface area contributed by atoms with Gasteiger partial charge < -0.3 is 5.73 Å². The maximum absolute atomic E-state index is 10.3. The minimum atomic E-state index is -0.477. The van der Waals surface area contributed by atoms with E-state index in [2.05, 4.69) is 4.99 Å². The number of nitrogens with zero attached hydrogens (tertiary/aromatic N) is 2. The van der Waals surface area contributed by atoms with Crippen LogP contribution in [0.5, 0.6) is 0 Å². The van der Waals surface area contributed by atoms with Gasteiger partial charge in [0, 0.05) is 12.1 Å². The molecule has 0 aromatic heterocycles. The minimum absolute atomic E-state index is 0.0121. The van der Waals surface area contributed by atoms with Crippen LogP contribution in [0.4, 0.5) is 11.4 Å². The summed E-state index contributed by atoms with van der Waals surface area (Å²) in [7, 11) is 0. The summed E-state index contributed by atoms with van der Waals surface area (Å²) >= 11 is 0. The van der Waals surface area contributed by atoms with Crippen molar-refractivity contribution >= 4 is 17.7 Å². The predicted molar refractivity (Wildman–Crippen MR) is 45.4 cm³/mol. The second-order valence-electron chi connectivity index (χ2n) is 2.06. The highest BCUT2D eigenvalue weighted by Crippen LogP contribution is 2.18. The van der Waals surface area contributed by atoms with Gasteiger partial charge in [0.25, 0.3) is 5.69 Å². The molecule has 0 spiro atoms. The van der Waals surface area contributed by atoms with E-state index >= 15 is 0 Å². The van der Waals surface area contributed by atoms with Crippen molar-refractivity contribution in [1.82, 2.24) is 0 Å². The Morgan fingerprint density at radius 2 is 2.33 bits per heavy atom. The quantitative estimate of drug-likeness (QED) is 0.309. The van der Waals surface area contributed by atoms with Gasteiger partial charge in [-0.3, -0.25) is 10.1 Å². The van der Waals surface area contributed by atoms with Crippen LogP contribution in [-0.2, 0) is 0 Å². The zero-order chi connectivity index (χ0) is 8.97. The molecule has 0 saturated carbocycles. The highest BCUT2D eigenvalue weighted by atomic mass is 16.6. The van der Waals surface area contributed by atoms with E-state index in [1.807, 2.05) is 0 Å². The number of nitrogens with two attached hydrogens (primary N) is 1. The number of non-ortho nitro benzene ring substituents is 1. The number of hydrogen-bond donors (Lipinski definition) is 1. The predicted octanol–water partition coefficient (Wildman–Crippen LogP) is 1.21.